The molecule has 206 valence electrons. The molecule has 0 aliphatic heterocycles. The first-order valence-corrected chi connectivity index (χ1v) is 15.6. The molecule has 1 N–H and O–H groups in total. The maximum absolute atomic E-state index is 11.7. The molecule has 0 spiro atoms. The number of phosphoric ester groups is 1. The van der Waals surface area contributed by atoms with Crippen molar-refractivity contribution in [3.63, 3.8) is 0 Å². The molecule has 1 aromatic heterocycles. The molecule has 0 radical (unpaired) electrons. The van der Waals surface area contributed by atoms with Crippen LogP contribution in [0.5, 0.6) is 0 Å². The molecule has 1 aromatic rings. The van der Waals surface area contributed by atoms with Gasteiger partial charge in [-0.25, -0.2) is 4.57 Å². The highest BCUT2D eigenvalue weighted by molar-refractivity contribution is 7.47. The second-order valence-electron chi connectivity index (χ2n) is 8.81. The lowest BCUT2D eigenvalue weighted by Crippen LogP contribution is -1.99. The van der Waals surface area contributed by atoms with Crippen molar-refractivity contribution in [3.05, 3.63) is 43.2 Å². The summed E-state index contributed by atoms with van der Waals surface area (Å²) >= 11 is 0. The van der Waals surface area contributed by atoms with Crippen LogP contribution in [0.4, 0.5) is 0 Å². The van der Waals surface area contributed by atoms with Crippen LogP contribution in [0.25, 0.3) is 0 Å². The maximum atomic E-state index is 11.7. The topological polar surface area (TPSA) is 68.7 Å². The molecule has 0 saturated carbocycles. The van der Waals surface area contributed by atoms with Crippen molar-refractivity contribution in [2.75, 3.05) is 13.2 Å². The van der Waals surface area contributed by atoms with E-state index in [2.05, 4.69) is 32.3 Å². The Hall–Kier alpha value is -1.00. The predicted octanol–water partition coefficient (Wildman–Crippen LogP) is 10.1. The fourth-order valence-electron chi connectivity index (χ4n) is 3.18. The monoisotopic (exact) mass is 513 g/mol. The van der Waals surface area contributed by atoms with Crippen molar-refractivity contribution in [2.45, 2.75) is 130 Å². The molecular formula is C29H56NO4P. The summed E-state index contributed by atoms with van der Waals surface area (Å²) in [6, 6.07) is 5.72. The number of aromatic nitrogens is 1. The van der Waals surface area contributed by atoms with E-state index in [0.29, 0.717) is 13.2 Å². The van der Waals surface area contributed by atoms with E-state index >= 15 is 0 Å². The molecule has 5 nitrogen and oxygen atoms in total. The average Bonchev–Trinajstić information content (AvgIpc) is 2.88. The number of hydrogen-bond donors (Lipinski definition) is 1. The summed E-state index contributed by atoms with van der Waals surface area (Å²) in [6.07, 6.45) is 25.6. The Kier molecular flexibility index (Phi) is 32.1. The second kappa shape index (κ2) is 31.0. The minimum atomic E-state index is -3.83. The van der Waals surface area contributed by atoms with Crippen LogP contribution >= 0.6 is 7.82 Å². The number of unbranched alkanes of at least 4 members (excludes halogenated alkanes) is 14. The van der Waals surface area contributed by atoms with Gasteiger partial charge in [-0.1, -0.05) is 123 Å². The van der Waals surface area contributed by atoms with Crippen LogP contribution in [0.3, 0.4) is 0 Å². The van der Waals surface area contributed by atoms with Gasteiger partial charge < -0.3 is 4.89 Å². The standard InChI is InChI=1S/C20H43O4P.C5H5N.C4H8/c1-3-5-7-9-11-13-15-17-19-23-25(21,22)24-20-18-16-14-12-10-8-6-4-2;1-2-4-6-5-3-1;1-3-4-2/h3-20H2,1-2H3,(H,21,22);1-5H;3H,1,4H2,2H3. The lowest BCUT2D eigenvalue weighted by Gasteiger charge is -2.12. The van der Waals surface area contributed by atoms with Gasteiger partial charge in [-0.3, -0.25) is 14.0 Å². The van der Waals surface area contributed by atoms with Crippen molar-refractivity contribution < 1.29 is 18.5 Å². The Balaban J connectivity index is 0. The summed E-state index contributed by atoms with van der Waals surface area (Å²) in [7, 11) is -3.83. The Bertz CT molecular complexity index is 504. The number of hydrogen-bond acceptors (Lipinski definition) is 4. The average molecular weight is 514 g/mol. The highest BCUT2D eigenvalue weighted by atomic mass is 31.2. The van der Waals surface area contributed by atoms with Crippen molar-refractivity contribution in [1.82, 2.24) is 4.98 Å². The highest BCUT2D eigenvalue weighted by Gasteiger charge is 2.19. The summed E-state index contributed by atoms with van der Waals surface area (Å²) < 4.78 is 21.8. The van der Waals surface area contributed by atoms with E-state index in [1.54, 1.807) is 12.4 Å². The molecule has 6 heteroatoms. The van der Waals surface area contributed by atoms with Gasteiger partial charge in [0.05, 0.1) is 13.2 Å². The van der Waals surface area contributed by atoms with Crippen molar-refractivity contribution >= 4 is 7.82 Å². The Morgan fingerprint density at radius 3 is 1.29 bits per heavy atom. The first-order chi connectivity index (χ1) is 17.0. The molecule has 0 unspecified atom stereocenters. The Morgan fingerprint density at radius 1 is 0.686 bits per heavy atom. The smallest absolute Gasteiger partial charge is 0.302 e. The van der Waals surface area contributed by atoms with Crippen LogP contribution in [0, 0.1) is 0 Å². The van der Waals surface area contributed by atoms with E-state index in [9.17, 15) is 9.46 Å². The van der Waals surface area contributed by atoms with Gasteiger partial charge in [0.2, 0.25) is 0 Å². The Morgan fingerprint density at radius 2 is 1.03 bits per heavy atom. The zero-order valence-corrected chi connectivity index (χ0v) is 24.1. The summed E-state index contributed by atoms with van der Waals surface area (Å²) in [4.78, 5) is 13.4. The highest BCUT2D eigenvalue weighted by Crippen LogP contribution is 2.43. The molecule has 35 heavy (non-hydrogen) atoms. The third-order valence-corrected chi connectivity index (χ3v) is 6.38. The number of allylic oxidation sites excluding steroid dienone is 1. The number of nitrogens with zero attached hydrogens (tertiary/aromatic N) is 1. The maximum Gasteiger partial charge on any atom is 0.472 e. The number of phosphoric acid groups is 1. The normalized spacial score (nSPS) is 10.6. The fourth-order valence-corrected chi connectivity index (χ4v) is 3.98. The SMILES string of the molecule is C=CCC.CCCCCCCCCCOP(=O)(O)OCCCCCCCCCC.c1ccncc1. The number of pyridine rings is 1. The third-order valence-electron chi connectivity index (χ3n) is 5.36. The summed E-state index contributed by atoms with van der Waals surface area (Å²) in [5.41, 5.74) is 0. The molecule has 0 amide bonds. The van der Waals surface area contributed by atoms with E-state index in [1.807, 2.05) is 24.3 Å². The number of rotatable bonds is 21. The van der Waals surface area contributed by atoms with Crippen LogP contribution < -0.4 is 0 Å². The molecule has 1 heterocycles. The first-order valence-electron chi connectivity index (χ1n) is 14.1. The van der Waals surface area contributed by atoms with Crippen LogP contribution in [0.1, 0.15) is 130 Å². The Labute approximate surface area is 217 Å². The largest absolute Gasteiger partial charge is 0.472 e. The predicted molar refractivity (Wildman–Crippen MR) is 152 cm³/mol. The second-order valence-corrected chi connectivity index (χ2v) is 10.3. The summed E-state index contributed by atoms with van der Waals surface area (Å²) in [5, 5.41) is 0. The van der Waals surface area contributed by atoms with Crippen LogP contribution in [-0.4, -0.2) is 23.1 Å². The zero-order chi connectivity index (χ0) is 26.3. The van der Waals surface area contributed by atoms with Crippen LogP contribution in [0.15, 0.2) is 43.2 Å². The van der Waals surface area contributed by atoms with Gasteiger partial charge in [0.15, 0.2) is 0 Å². The van der Waals surface area contributed by atoms with Gasteiger partial charge in [-0.05, 0) is 31.4 Å². The molecule has 0 bridgehead atoms. The molecule has 0 saturated heterocycles. The van der Waals surface area contributed by atoms with Crippen molar-refractivity contribution in [3.8, 4) is 0 Å². The zero-order valence-electron chi connectivity index (χ0n) is 23.2. The molecule has 0 atom stereocenters. The summed E-state index contributed by atoms with van der Waals surface area (Å²) in [5.74, 6) is 0. The van der Waals surface area contributed by atoms with E-state index in [-0.39, 0.29) is 0 Å². The first kappa shape index (κ1) is 36.2. The molecule has 0 aliphatic carbocycles. The minimum absolute atomic E-state index is 0.320. The third kappa shape index (κ3) is 35.2. The van der Waals surface area contributed by atoms with Gasteiger partial charge in [-0.15, -0.1) is 6.58 Å². The molecule has 1 rings (SSSR count). The van der Waals surface area contributed by atoms with Gasteiger partial charge >= 0.3 is 7.82 Å². The van der Waals surface area contributed by atoms with Crippen LogP contribution in [-0.2, 0) is 13.6 Å². The quantitative estimate of drug-likeness (QED) is 0.101. The lowest BCUT2D eigenvalue weighted by molar-refractivity contribution is 0.145. The van der Waals surface area contributed by atoms with Crippen LogP contribution in [0.2, 0.25) is 0 Å². The van der Waals surface area contributed by atoms with E-state index in [1.165, 1.54) is 77.0 Å². The van der Waals surface area contributed by atoms with Gasteiger partial charge in [0, 0.05) is 12.4 Å². The van der Waals surface area contributed by atoms with Gasteiger partial charge in [-0.2, -0.15) is 0 Å². The lowest BCUT2D eigenvalue weighted by atomic mass is 10.1. The fraction of sp³-hybridized carbons (Fsp3) is 0.759. The van der Waals surface area contributed by atoms with E-state index in [4.69, 9.17) is 9.05 Å². The van der Waals surface area contributed by atoms with Gasteiger partial charge in [0.25, 0.3) is 0 Å². The molecule has 0 aliphatic rings. The molecular weight excluding hydrogens is 457 g/mol. The van der Waals surface area contributed by atoms with Gasteiger partial charge in [0.1, 0.15) is 0 Å². The minimum Gasteiger partial charge on any atom is -0.302 e. The summed E-state index contributed by atoms with van der Waals surface area (Å²) in [6.45, 7) is 10.6. The molecule has 0 aromatic carbocycles. The molecule has 0 fully saturated rings. The van der Waals surface area contributed by atoms with Crippen molar-refractivity contribution in [2.24, 2.45) is 0 Å². The van der Waals surface area contributed by atoms with Crippen molar-refractivity contribution in [1.29, 1.82) is 0 Å². The van der Waals surface area contributed by atoms with E-state index in [0.717, 1.165) is 32.1 Å². The van der Waals surface area contributed by atoms with E-state index < -0.39 is 7.82 Å².